The van der Waals surface area contributed by atoms with Crippen molar-refractivity contribution < 1.29 is 16.8 Å². The maximum atomic E-state index is 11.9. The van der Waals surface area contributed by atoms with E-state index in [9.17, 15) is 16.8 Å². The summed E-state index contributed by atoms with van der Waals surface area (Å²) in [5, 5.41) is 0. The first-order valence-corrected chi connectivity index (χ1v) is 8.14. The second kappa shape index (κ2) is 5.12. The normalized spacial score (nSPS) is 12.2. The molecule has 0 fully saturated rings. The minimum absolute atomic E-state index is 0.158. The summed E-state index contributed by atoms with van der Waals surface area (Å²) >= 11 is 0. The molecule has 7 heteroatoms. The topological polar surface area (TPSA) is 82.4 Å². The monoisotopic (exact) mass is 296 g/mol. The molecule has 1 radical (unpaired) electrons. The maximum absolute atomic E-state index is 11.9. The van der Waals surface area contributed by atoms with Gasteiger partial charge in [0.25, 0.3) is 20.0 Å². The van der Waals surface area contributed by atoms with Gasteiger partial charge in [0.1, 0.15) is 0 Å². The van der Waals surface area contributed by atoms with Crippen molar-refractivity contribution in [1.29, 1.82) is 0 Å². The van der Waals surface area contributed by atoms with Crippen LogP contribution in [-0.4, -0.2) is 16.8 Å². The van der Waals surface area contributed by atoms with E-state index in [1.807, 2.05) is 0 Å². The largest absolute Gasteiger partial charge is 0.271 e. The molecule has 0 aliphatic rings. The molecule has 5 nitrogen and oxygen atoms in total. The zero-order valence-corrected chi connectivity index (χ0v) is 11.3. The van der Waals surface area contributed by atoms with Crippen molar-refractivity contribution in [2.24, 2.45) is 0 Å². The van der Waals surface area contributed by atoms with E-state index in [4.69, 9.17) is 0 Å². The van der Waals surface area contributed by atoms with Crippen LogP contribution in [0.15, 0.2) is 70.5 Å². The van der Waals surface area contributed by atoms with Crippen molar-refractivity contribution in [2.45, 2.75) is 9.79 Å². The van der Waals surface area contributed by atoms with Crippen molar-refractivity contribution in [3.8, 4) is 0 Å². The molecule has 0 N–H and O–H groups in total. The average Bonchev–Trinajstić information content (AvgIpc) is 2.40. The Hall–Kier alpha value is -1.70. The number of nitrogens with zero attached hydrogens (tertiary/aromatic N) is 1. The molecule has 0 bridgehead atoms. The molecule has 0 heterocycles. The number of hydrogen-bond acceptors (Lipinski definition) is 4. The van der Waals surface area contributed by atoms with Gasteiger partial charge >= 0.3 is 0 Å². The summed E-state index contributed by atoms with van der Waals surface area (Å²) in [5.74, 6) is 0. The number of sulfonamides is 2. The van der Waals surface area contributed by atoms with Gasteiger partial charge in [-0.2, -0.15) is 0 Å². The van der Waals surface area contributed by atoms with Crippen LogP contribution in [0.25, 0.3) is 0 Å². The molecule has 0 aliphatic carbocycles. The molecule has 0 atom stereocenters. The Morgan fingerprint density at radius 3 is 1.21 bits per heavy atom. The molecule has 0 saturated heterocycles. The van der Waals surface area contributed by atoms with Crippen LogP contribution < -0.4 is 4.13 Å². The maximum Gasteiger partial charge on any atom is 0.271 e. The van der Waals surface area contributed by atoms with Gasteiger partial charge in [0.05, 0.1) is 9.79 Å². The molecule has 0 aliphatic heterocycles. The van der Waals surface area contributed by atoms with E-state index in [0.29, 0.717) is 0 Å². The van der Waals surface area contributed by atoms with E-state index in [0.717, 1.165) is 0 Å². The van der Waals surface area contributed by atoms with Crippen LogP contribution >= 0.6 is 0 Å². The number of rotatable bonds is 4. The van der Waals surface area contributed by atoms with Gasteiger partial charge in [-0.05, 0) is 24.3 Å². The van der Waals surface area contributed by atoms with Gasteiger partial charge in [-0.3, -0.25) is 0 Å². The van der Waals surface area contributed by atoms with Gasteiger partial charge in [-0.15, -0.1) is 0 Å². The van der Waals surface area contributed by atoms with Crippen molar-refractivity contribution in [2.75, 3.05) is 0 Å². The van der Waals surface area contributed by atoms with E-state index in [1.165, 1.54) is 48.5 Å². The third-order valence-corrected chi connectivity index (χ3v) is 5.58. The second-order valence-corrected chi connectivity index (χ2v) is 7.09. The van der Waals surface area contributed by atoms with Crippen LogP contribution in [0, 0.1) is 0 Å². The molecule has 0 amide bonds. The highest BCUT2D eigenvalue weighted by molar-refractivity contribution is 8.04. The highest BCUT2D eigenvalue weighted by Crippen LogP contribution is 2.15. The van der Waals surface area contributed by atoms with Gasteiger partial charge < -0.3 is 0 Å². The van der Waals surface area contributed by atoms with Crippen LogP contribution in [0.1, 0.15) is 0 Å². The van der Waals surface area contributed by atoms with Crippen molar-refractivity contribution in [3.05, 3.63) is 60.7 Å². The van der Waals surface area contributed by atoms with E-state index in [1.54, 1.807) is 12.1 Å². The van der Waals surface area contributed by atoms with E-state index < -0.39 is 20.0 Å². The van der Waals surface area contributed by atoms with Gasteiger partial charge in [-0.25, -0.2) is 16.8 Å². The zero-order valence-electron chi connectivity index (χ0n) is 9.67. The van der Waals surface area contributed by atoms with Crippen LogP contribution in [0.3, 0.4) is 0 Å². The Morgan fingerprint density at radius 2 is 0.895 bits per heavy atom. The molecule has 0 spiro atoms. The molecular formula is C12H10NO4S2. The molecule has 2 aromatic rings. The third-order valence-electron chi connectivity index (χ3n) is 2.28. The van der Waals surface area contributed by atoms with E-state index in [-0.39, 0.29) is 9.79 Å². The van der Waals surface area contributed by atoms with Crippen molar-refractivity contribution in [3.63, 3.8) is 0 Å². The standard InChI is InChI=1S/C12H10NO4S2/c14-18(15,11-7-3-1-4-8-11)13-19(16,17)12-9-5-2-6-10-12/h1-10H. The Kier molecular flexibility index (Phi) is 3.70. The SMILES string of the molecule is O=S(=O)([N]S(=O)(=O)c1ccccc1)c1ccccc1. The lowest BCUT2D eigenvalue weighted by molar-refractivity contribution is 0.575. The molecule has 0 unspecified atom stereocenters. The fraction of sp³-hybridized carbons (Fsp3) is 0. The summed E-state index contributed by atoms with van der Waals surface area (Å²) in [7, 11) is -8.46. The molecule has 0 saturated carbocycles. The first-order chi connectivity index (χ1) is 8.92. The molecular weight excluding hydrogens is 286 g/mol. The Balaban J connectivity index is 2.37. The quantitative estimate of drug-likeness (QED) is 0.853. The van der Waals surface area contributed by atoms with Crippen LogP contribution in [0.2, 0.25) is 0 Å². The fourth-order valence-corrected chi connectivity index (χ4v) is 4.12. The summed E-state index contributed by atoms with van der Waals surface area (Å²) in [4.78, 5) is -0.316. The molecule has 2 aromatic carbocycles. The first-order valence-electron chi connectivity index (χ1n) is 5.26. The van der Waals surface area contributed by atoms with Crippen LogP contribution in [0.4, 0.5) is 0 Å². The van der Waals surface area contributed by atoms with Crippen molar-refractivity contribution >= 4 is 20.0 Å². The Labute approximate surface area is 112 Å². The molecule has 19 heavy (non-hydrogen) atoms. The first kappa shape index (κ1) is 13.7. The van der Waals surface area contributed by atoms with Crippen molar-refractivity contribution in [1.82, 2.24) is 4.13 Å². The minimum atomic E-state index is -4.23. The van der Waals surface area contributed by atoms with Gasteiger partial charge in [-0.1, -0.05) is 36.4 Å². The second-order valence-electron chi connectivity index (χ2n) is 3.65. The van der Waals surface area contributed by atoms with Crippen LogP contribution in [-0.2, 0) is 20.0 Å². The molecule has 99 valence electrons. The minimum Gasteiger partial charge on any atom is -0.205 e. The number of hydrogen-bond donors (Lipinski definition) is 0. The summed E-state index contributed by atoms with van der Waals surface area (Å²) in [6.45, 7) is 0. The lowest BCUT2D eigenvalue weighted by atomic mass is 10.4. The smallest absolute Gasteiger partial charge is 0.205 e. The fourth-order valence-electron chi connectivity index (χ4n) is 1.40. The predicted octanol–water partition coefficient (Wildman–Crippen LogP) is 1.37. The highest BCUT2D eigenvalue weighted by Gasteiger charge is 2.26. The third kappa shape index (κ3) is 3.19. The summed E-state index contributed by atoms with van der Waals surface area (Å²) in [6, 6.07) is 14.4. The summed E-state index contributed by atoms with van der Waals surface area (Å²) in [5.41, 5.74) is 0. The summed E-state index contributed by atoms with van der Waals surface area (Å²) in [6.07, 6.45) is 0. The van der Waals surface area contributed by atoms with Crippen LogP contribution in [0.5, 0.6) is 0 Å². The Morgan fingerprint density at radius 1 is 0.579 bits per heavy atom. The van der Waals surface area contributed by atoms with Gasteiger partial charge in [0.15, 0.2) is 0 Å². The average molecular weight is 296 g/mol. The molecule has 0 aromatic heterocycles. The van der Waals surface area contributed by atoms with E-state index in [2.05, 4.69) is 4.13 Å². The van der Waals surface area contributed by atoms with Gasteiger partial charge in [0, 0.05) is 4.13 Å². The lowest BCUT2D eigenvalue weighted by Crippen LogP contribution is -2.23. The van der Waals surface area contributed by atoms with E-state index >= 15 is 0 Å². The predicted molar refractivity (Wildman–Crippen MR) is 69.4 cm³/mol. The highest BCUT2D eigenvalue weighted by atomic mass is 32.3. The number of benzene rings is 2. The Bertz CT molecular complexity index is 686. The van der Waals surface area contributed by atoms with Gasteiger partial charge in [0.2, 0.25) is 0 Å². The lowest BCUT2D eigenvalue weighted by Gasteiger charge is -2.05. The zero-order chi connectivity index (χ0) is 13.9. The molecule has 2 rings (SSSR count). The summed E-state index contributed by atoms with van der Waals surface area (Å²) < 4.78 is 50.5.